The molecule has 20 heavy (non-hydrogen) atoms. The predicted octanol–water partition coefficient (Wildman–Crippen LogP) is 1.54. The summed E-state index contributed by atoms with van der Waals surface area (Å²) < 4.78 is 31.7. The summed E-state index contributed by atoms with van der Waals surface area (Å²) in [6.07, 6.45) is 0.171. The molecular weight excluding hydrogens is 282 g/mol. The molecule has 0 aliphatic rings. The van der Waals surface area contributed by atoms with Crippen LogP contribution in [-0.4, -0.2) is 32.1 Å². The molecule has 0 aliphatic carbocycles. The third-order valence-electron chi connectivity index (χ3n) is 2.76. The van der Waals surface area contributed by atoms with Crippen molar-refractivity contribution in [2.24, 2.45) is 0 Å². The normalized spacial score (nSPS) is 12.9. The largest absolute Gasteiger partial charge is 0.494 e. The summed E-state index contributed by atoms with van der Waals surface area (Å²) >= 11 is 0. The number of carboxylic acids is 1. The van der Waals surface area contributed by atoms with E-state index >= 15 is 0 Å². The van der Waals surface area contributed by atoms with E-state index in [4.69, 9.17) is 9.84 Å². The number of rotatable bonds is 7. The van der Waals surface area contributed by atoms with Crippen LogP contribution in [0.2, 0.25) is 0 Å². The Morgan fingerprint density at radius 2 is 2.05 bits per heavy atom. The number of benzene rings is 1. The summed E-state index contributed by atoms with van der Waals surface area (Å²) in [6, 6.07) is 3.29. The molecular formula is C13H19NO5S. The van der Waals surface area contributed by atoms with Crippen molar-refractivity contribution in [1.82, 2.24) is 4.72 Å². The van der Waals surface area contributed by atoms with Crippen LogP contribution in [0.5, 0.6) is 5.75 Å². The van der Waals surface area contributed by atoms with Gasteiger partial charge in [-0.3, -0.25) is 4.79 Å². The number of hydrogen-bond donors (Lipinski definition) is 2. The van der Waals surface area contributed by atoms with Gasteiger partial charge in [0.25, 0.3) is 0 Å². The van der Waals surface area contributed by atoms with Crippen LogP contribution in [0.4, 0.5) is 0 Å². The zero-order chi connectivity index (χ0) is 15.3. The fraction of sp³-hybridized carbons (Fsp3) is 0.462. The SMILES string of the molecule is CCOc1ccc(S(=O)(=O)N[C@@H](CC)C(=O)O)cc1C. The van der Waals surface area contributed by atoms with Gasteiger partial charge in [0.1, 0.15) is 11.8 Å². The quantitative estimate of drug-likeness (QED) is 0.797. The summed E-state index contributed by atoms with van der Waals surface area (Å²) in [5.74, 6) is -0.588. The highest BCUT2D eigenvalue weighted by atomic mass is 32.2. The first-order valence-corrected chi connectivity index (χ1v) is 7.78. The van der Waals surface area contributed by atoms with E-state index in [2.05, 4.69) is 4.72 Å². The maximum atomic E-state index is 12.1. The Morgan fingerprint density at radius 1 is 1.40 bits per heavy atom. The Balaban J connectivity index is 3.04. The maximum Gasteiger partial charge on any atom is 0.321 e. The van der Waals surface area contributed by atoms with Gasteiger partial charge in [0.05, 0.1) is 11.5 Å². The van der Waals surface area contributed by atoms with Gasteiger partial charge in [0, 0.05) is 0 Å². The van der Waals surface area contributed by atoms with E-state index in [0.29, 0.717) is 17.9 Å². The average molecular weight is 301 g/mol. The third kappa shape index (κ3) is 3.94. The van der Waals surface area contributed by atoms with Gasteiger partial charge in [-0.2, -0.15) is 4.72 Å². The smallest absolute Gasteiger partial charge is 0.321 e. The molecule has 0 aliphatic heterocycles. The summed E-state index contributed by atoms with van der Waals surface area (Å²) in [5, 5.41) is 8.91. The summed E-state index contributed by atoms with van der Waals surface area (Å²) in [5.41, 5.74) is 0.679. The van der Waals surface area contributed by atoms with E-state index in [1.165, 1.54) is 12.1 Å². The molecule has 0 saturated heterocycles. The number of carboxylic acid groups (broad SMARTS) is 1. The van der Waals surface area contributed by atoms with Crippen LogP contribution in [0.1, 0.15) is 25.8 Å². The topological polar surface area (TPSA) is 92.7 Å². The fourth-order valence-corrected chi connectivity index (χ4v) is 3.03. The second kappa shape index (κ2) is 6.71. The molecule has 2 N–H and O–H groups in total. The lowest BCUT2D eigenvalue weighted by Gasteiger charge is -2.14. The van der Waals surface area contributed by atoms with Gasteiger partial charge in [-0.25, -0.2) is 8.42 Å². The van der Waals surface area contributed by atoms with Crippen molar-refractivity contribution in [3.8, 4) is 5.75 Å². The summed E-state index contributed by atoms with van der Waals surface area (Å²) in [4.78, 5) is 10.9. The lowest BCUT2D eigenvalue weighted by atomic mass is 10.2. The van der Waals surface area contributed by atoms with Gasteiger partial charge in [-0.1, -0.05) is 6.92 Å². The van der Waals surface area contributed by atoms with Crippen molar-refractivity contribution >= 4 is 16.0 Å². The highest BCUT2D eigenvalue weighted by Crippen LogP contribution is 2.22. The molecule has 0 fully saturated rings. The predicted molar refractivity (Wildman–Crippen MR) is 74.4 cm³/mol. The van der Waals surface area contributed by atoms with Crippen LogP contribution >= 0.6 is 0 Å². The molecule has 6 nitrogen and oxygen atoms in total. The number of hydrogen-bond acceptors (Lipinski definition) is 4. The maximum absolute atomic E-state index is 12.1. The van der Waals surface area contributed by atoms with E-state index < -0.39 is 22.0 Å². The van der Waals surface area contributed by atoms with Crippen molar-refractivity contribution < 1.29 is 23.1 Å². The molecule has 1 aromatic carbocycles. The Morgan fingerprint density at radius 3 is 2.50 bits per heavy atom. The Bertz CT molecular complexity index is 582. The zero-order valence-electron chi connectivity index (χ0n) is 11.7. The van der Waals surface area contributed by atoms with Crippen LogP contribution in [0, 0.1) is 6.92 Å². The molecule has 1 aromatic rings. The first kappa shape index (κ1) is 16.5. The minimum Gasteiger partial charge on any atom is -0.494 e. The molecule has 0 saturated carbocycles. The minimum atomic E-state index is -3.86. The zero-order valence-corrected chi connectivity index (χ0v) is 12.5. The first-order chi connectivity index (χ1) is 9.31. The molecule has 0 aromatic heterocycles. The summed E-state index contributed by atoms with van der Waals surface area (Å²) in [7, 11) is -3.86. The van der Waals surface area contributed by atoms with Crippen molar-refractivity contribution in [1.29, 1.82) is 0 Å². The molecule has 0 spiro atoms. The standard InChI is InChI=1S/C13H19NO5S/c1-4-11(13(15)16)14-20(17,18)10-6-7-12(19-5-2)9(3)8-10/h6-8,11,14H,4-5H2,1-3H3,(H,15,16)/t11-/m0/s1. The molecule has 0 heterocycles. The fourth-order valence-electron chi connectivity index (χ4n) is 1.67. The number of ether oxygens (including phenoxy) is 1. The van der Waals surface area contributed by atoms with Crippen LogP contribution in [0.3, 0.4) is 0 Å². The van der Waals surface area contributed by atoms with Crippen molar-refractivity contribution in [3.05, 3.63) is 23.8 Å². The lowest BCUT2D eigenvalue weighted by Crippen LogP contribution is -2.40. The Hall–Kier alpha value is -1.60. The second-order valence-corrected chi connectivity index (χ2v) is 5.99. The van der Waals surface area contributed by atoms with Crippen LogP contribution in [0.15, 0.2) is 23.1 Å². The van der Waals surface area contributed by atoms with Crippen LogP contribution in [-0.2, 0) is 14.8 Å². The molecule has 7 heteroatoms. The lowest BCUT2D eigenvalue weighted by molar-refractivity contribution is -0.139. The number of aliphatic carboxylic acids is 1. The van der Waals surface area contributed by atoms with E-state index in [9.17, 15) is 13.2 Å². The molecule has 112 valence electrons. The third-order valence-corrected chi connectivity index (χ3v) is 4.23. The number of aryl methyl sites for hydroxylation is 1. The Kier molecular flexibility index (Phi) is 5.52. The van der Waals surface area contributed by atoms with E-state index in [1.807, 2.05) is 6.92 Å². The highest BCUT2D eigenvalue weighted by Gasteiger charge is 2.24. The van der Waals surface area contributed by atoms with Crippen molar-refractivity contribution in [2.75, 3.05) is 6.61 Å². The number of carbonyl (C=O) groups is 1. The van der Waals surface area contributed by atoms with Gasteiger partial charge < -0.3 is 9.84 Å². The van der Waals surface area contributed by atoms with Gasteiger partial charge in [-0.15, -0.1) is 0 Å². The number of sulfonamides is 1. The molecule has 1 rings (SSSR count). The van der Waals surface area contributed by atoms with E-state index in [-0.39, 0.29) is 11.3 Å². The van der Waals surface area contributed by atoms with E-state index in [0.717, 1.165) is 0 Å². The monoisotopic (exact) mass is 301 g/mol. The van der Waals surface area contributed by atoms with Crippen LogP contribution in [0.25, 0.3) is 0 Å². The van der Waals surface area contributed by atoms with E-state index in [1.54, 1.807) is 19.9 Å². The molecule has 0 unspecified atom stereocenters. The molecule has 0 bridgehead atoms. The van der Waals surface area contributed by atoms with Crippen LogP contribution < -0.4 is 9.46 Å². The first-order valence-electron chi connectivity index (χ1n) is 6.30. The van der Waals surface area contributed by atoms with Gasteiger partial charge in [0.2, 0.25) is 10.0 Å². The number of nitrogens with one attached hydrogen (secondary N) is 1. The Labute approximate surface area is 118 Å². The molecule has 0 radical (unpaired) electrons. The minimum absolute atomic E-state index is 0.0261. The molecule has 1 atom stereocenters. The van der Waals surface area contributed by atoms with Gasteiger partial charge in [0.15, 0.2) is 0 Å². The highest BCUT2D eigenvalue weighted by molar-refractivity contribution is 7.89. The van der Waals surface area contributed by atoms with Gasteiger partial charge in [-0.05, 0) is 44.0 Å². The van der Waals surface area contributed by atoms with Gasteiger partial charge >= 0.3 is 5.97 Å². The second-order valence-electron chi connectivity index (χ2n) is 4.28. The van der Waals surface area contributed by atoms with Crippen molar-refractivity contribution in [3.63, 3.8) is 0 Å². The summed E-state index contributed by atoms with van der Waals surface area (Å²) in [6.45, 7) is 5.66. The average Bonchev–Trinajstić information content (AvgIpc) is 2.38. The van der Waals surface area contributed by atoms with Crippen molar-refractivity contribution in [2.45, 2.75) is 38.1 Å². The molecule has 0 amide bonds.